The molecule has 1 aliphatic heterocycles. The van der Waals surface area contributed by atoms with Gasteiger partial charge in [-0.2, -0.15) is 0 Å². The highest BCUT2D eigenvalue weighted by Gasteiger charge is 2.30. The van der Waals surface area contributed by atoms with Gasteiger partial charge in [-0.1, -0.05) is 67.6 Å². The number of rotatable bonds is 9. The second-order valence-electron chi connectivity index (χ2n) is 11.0. The van der Waals surface area contributed by atoms with Crippen LogP contribution in [0.4, 0.5) is 27.5 Å². The van der Waals surface area contributed by atoms with Gasteiger partial charge in [0.05, 0.1) is 17.3 Å². The summed E-state index contributed by atoms with van der Waals surface area (Å²) in [6, 6.07) is 37.2. The second-order valence-corrected chi connectivity index (χ2v) is 11.0. The summed E-state index contributed by atoms with van der Waals surface area (Å²) in [6.45, 7) is 2.02. The molecular formula is C38H33N5O4. The molecule has 0 aliphatic carbocycles. The van der Waals surface area contributed by atoms with E-state index in [4.69, 9.17) is 0 Å². The van der Waals surface area contributed by atoms with E-state index in [2.05, 4.69) is 26.6 Å². The second kappa shape index (κ2) is 13.7. The van der Waals surface area contributed by atoms with Gasteiger partial charge in [-0.05, 0) is 84.3 Å². The number of anilines is 4. The van der Waals surface area contributed by atoms with Crippen LogP contribution in [0.15, 0.2) is 127 Å². The van der Waals surface area contributed by atoms with Crippen molar-refractivity contribution < 1.29 is 19.5 Å². The minimum Gasteiger partial charge on any atom is -0.508 e. The molecule has 1 heterocycles. The van der Waals surface area contributed by atoms with Crippen molar-refractivity contribution in [2.24, 2.45) is 0 Å². The molecule has 9 heteroatoms. The number of hydrogen-bond donors (Lipinski definition) is 6. The molecule has 47 heavy (non-hydrogen) atoms. The molecule has 5 aromatic rings. The quantitative estimate of drug-likeness (QED) is 0.0735. The predicted molar refractivity (Wildman–Crippen MR) is 186 cm³/mol. The molecule has 0 bridgehead atoms. The number of nitrogens with one attached hydrogen (secondary N) is 5. The largest absolute Gasteiger partial charge is 0.508 e. The first kappa shape index (κ1) is 30.7. The summed E-state index contributed by atoms with van der Waals surface area (Å²) in [5.41, 5.74) is 6.24. The van der Waals surface area contributed by atoms with Crippen LogP contribution in [0, 0.1) is 0 Å². The molecule has 0 saturated heterocycles. The topological polar surface area (TPSA) is 132 Å². The van der Waals surface area contributed by atoms with Gasteiger partial charge in [0.1, 0.15) is 5.75 Å². The molecule has 1 atom stereocenters. The molecule has 4 amide bonds. The van der Waals surface area contributed by atoms with E-state index in [1.54, 1.807) is 54.6 Å². The number of fused-ring (bicyclic) bond motifs is 1. The lowest BCUT2D eigenvalue weighted by Crippen LogP contribution is -2.28. The van der Waals surface area contributed by atoms with Crippen molar-refractivity contribution in [2.45, 2.75) is 19.4 Å². The zero-order valence-electron chi connectivity index (χ0n) is 25.6. The van der Waals surface area contributed by atoms with Crippen LogP contribution in [0.25, 0.3) is 11.3 Å². The molecule has 0 saturated carbocycles. The maximum atomic E-state index is 13.5. The lowest BCUT2D eigenvalue weighted by atomic mass is 9.98. The van der Waals surface area contributed by atoms with Crippen LogP contribution in [0.1, 0.15) is 46.4 Å². The van der Waals surface area contributed by atoms with E-state index in [-0.39, 0.29) is 23.6 Å². The van der Waals surface area contributed by atoms with Crippen LogP contribution in [0.2, 0.25) is 0 Å². The zero-order valence-corrected chi connectivity index (χ0v) is 25.6. The molecule has 234 valence electrons. The minimum absolute atomic E-state index is 0.109. The third kappa shape index (κ3) is 7.15. The Labute approximate surface area is 272 Å². The first-order valence-corrected chi connectivity index (χ1v) is 15.2. The van der Waals surface area contributed by atoms with Crippen molar-refractivity contribution in [1.82, 2.24) is 5.32 Å². The van der Waals surface area contributed by atoms with Gasteiger partial charge in [0.25, 0.3) is 11.8 Å². The average Bonchev–Trinajstić information content (AvgIpc) is 3.43. The number of phenolic OH excluding ortho intramolecular Hbond substituents is 1. The van der Waals surface area contributed by atoms with E-state index in [9.17, 15) is 19.5 Å². The number of amides is 4. The number of benzene rings is 5. The lowest BCUT2D eigenvalue weighted by Gasteiger charge is -2.18. The van der Waals surface area contributed by atoms with Gasteiger partial charge in [-0.25, -0.2) is 4.79 Å². The first-order valence-electron chi connectivity index (χ1n) is 15.2. The summed E-state index contributed by atoms with van der Waals surface area (Å²) < 4.78 is 0. The van der Waals surface area contributed by atoms with Crippen LogP contribution >= 0.6 is 0 Å². The van der Waals surface area contributed by atoms with Crippen LogP contribution in [-0.4, -0.2) is 23.0 Å². The van der Waals surface area contributed by atoms with Crippen molar-refractivity contribution >= 4 is 51.9 Å². The summed E-state index contributed by atoms with van der Waals surface area (Å²) in [4.78, 5) is 39.4. The molecule has 6 N–H and O–H groups in total. The van der Waals surface area contributed by atoms with E-state index in [1.807, 2.05) is 67.6 Å². The predicted octanol–water partition coefficient (Wildman–Crippen LogP) is 7.85. The number of urea groups is 1. The Morgan fingerprint density at radius 1 is 0.702 bits per heavy atom. The molecule has 1 unspecified atom stereocenters. The fourth-order valence-electron chi connectivity index (χ4n) is 5.41. The Bertz CT molecular complexity index is 1940. The number of phenols is 1. The normalized spacial score (nSPS) is 13.5. The maximum Gasteiger partial charge on any atom is 0.323 e. The van der Waals surface area contributed by atoms with Gasteiger partial charge in [-0.3, -0.25) is 9.59 Å². The zero-order chi connectivity index (χ0) is 32.8. The molecule has 0 fully saturated rings. The third-order valence-corrected chi connectivity index (χ3v) is 7.79. The van der Waals surface area contributed by atoms with Gasteiger partial charge >= 0.3 is 6.03 Å². The summed E-state index contributed by atoms with van der Waals surface area (Å²) in [6.07, 6.45) is 0.728. The van der Waals surface area contributed by atoms with E-state index >= 15 is 0 Å². The van der Waals surface area contributed by atoms with Crippen LogP contribution in [0.5, 0.6) is 5.75 Å². The van der Waals surface area contributed by atoms with Gasteiger partial charge in [0, 0.05) is 33.9 Å². The molecule has 9 nitrogen and oxygen atoms in total. The van der Waals surface area contributed by atoms with Crippen molar-refractivity contribution in [3.05, 3.63) is 150 Å². The van der Waals surface area contributed by atoms with Gasteiger partial charge in [-0.15, -0.1) is 0 Å². The molecule has 5 aromatic carbocycles. The fourth-order valence-corrected chi connectivity index (χ4v) is 5.41. The fraction of sp³-hybridized carbons (Fsp3) is 0.0789. The molecule has 6 rings (SSSR count). The number of aromatic hydroxyl groups is 1. The number of carbonyl (C=O) groups excluding carboxylic acids is 3. The maximum absolute atomic E-state index is 13.5. The minimum atomic E-state index is -0.434. The van der Waals surface area contributed by atoms with Crippen molar-refractivity contribution in [2.75, 3.05) is 21.3 Å². The third-order valence-electron chi connectivity index (χ3n) is 7.79. The van der Waals surface area contributed by atoms with Crippen LogP contribution in [0.3, 0.4) is 0 Å². The van der Waals surface area contributed by atoms with E-state index < -0.39 is 6.03 Å². The van der Waals surface area contributed by atoms with Gasteiger partial charge in [0.15, 0.2) is 0 Å². The van der Waals surface area contributed by atoms with E-state index in [0.29, 0.717) is 45.1 Å². The SMILES string of the molecule is CCC(NC(=O)c1ccc2c(c1)/C(=C(/Nc1ccc(NC(=O)Nc3ccc(O)cc3)cc1)c1ccccc1)C(=O)N2)c1ccccc1. The van der Waals surface area contributed by atoms with Crippen molar-refractivity contribution in [3.63, 3.8) is 0 Å². The Morgan fingerprint density at radius 3 is 1.89 bits per heavy atom. The average molecular weight is 624 g/mol. The Morgan fingerprint density at radius 2 is 1.28 bits per heavy atom. The Balaban J connectivity index is 1.26. The van der Waals surface area contributed by atoms with E-state index in [1.165, 1.54) is 12.1 Å². The van der Waals surface area contributed by atoms with Crippen LogP contribution in [-0.2, 0) is 4.79 Å². The monoisotopic (exact) mass is 623 g/mol. The number of hydrogen-bond acceptors (Lipinski definition) is 5. The highest BCUT2D eigenvalue weighted by atomic mass is 16.3. The standard InChI is InChI=1S/C38H33N5O4/c1-2-32(24-9-5-3-6-10-24)42-36(45)26-13-22-33-31(23-26)34(37(46)43-33)35(25-11-7-4-8-12-25)39-27-14-16-28(17-15-27)40-38(47)41-29-18-20-30(44)21-19-29/h3-23,32,39,44H,2H2,1H3,(H,42,45)(H,43,46)(H2,40,41,47)/b35-34-. The van der Waals surface area contributed by atoms with Gasteiger partial charge < -0.3 is 31.7 Å². The smallest absolute Gasteiger partial charge is 0.323 e. The molecular weight excluding hydrogens is 590 g/mol. The highest BCUT2D eigenvalue weighted by molar-refractivity contribution is 6.37. The molecule has 0 aromatic heterocycles. The van der Waals surface area contributed by atoms with Crippen molar-refractivity contribution in [3.8, 4) is 5.75 Å². The molecule has 0 radical (unpaired) electrons. The van der Waals surface area contributed by atoms with Gasteiger partial charge in [0.2, 0.25) is 0 Å². The lowest BCUT2D eigenvalue weighted by molar-refractivity contribution is -0.110. The van der Waals surface area contributed by atoms with E-state index in [0.717, 1.165) is 17.5 Å². The summed E-state index contributed by atoms with van der Waals surface area (Å²) >= 11 is 0. The first-order chi connectivity index (χ1) is 22.9. The number of carbonyl (C=O) groups is 3. The molecule has 1 aliphatic rings. The summed E-state index contributed by atoms with van der Waals surface area (Å²) in [7, 11) is 0. The summed E-state index contributed by atoms with van der Waals surface area (Å²) in [5, 5.41) is 24.4. The molecule has 0 spiro atoms. The van der Waals surface area contributed by atoms with Crippen molar-refractivity contribution in [1.29, 1.82) is 0 Å². The van der Waals surface area contributed by atoms with Crippen LogP contribution < -0.4 is 26.6 Å². The summed E-state index contributed by atoms with van der Waals surface area (Å²) in [5.74, 6) is -0.407. The highest BCUT2D eigenvalue weighted by Crippen LogP contribution is 2.38. The Kier molecular flexibility index (Phi) is 8.97. The Hall–Kier alpha value is -6.35.